The summed E-state index contributed by atoms with van der Waals surface area (Å²) in [6.45, 7) is 3.56. The number of thiazole rings is 1. The van der Waals surface area contributed by atoms with E-state index in [0.717, 1.165) is 40.7 Å². The van der Waals surface area contributed by atoms with Crippen LogP contribution in [0.5, 0.6) is 0 Å². The first-order valence-corrected chi connectivity index (χ1v) is 8.57. The summed E-state index contributed by atoms with van der Waals surface area (Å²) >= 11 is 1.41. The highest BCUT2D eigenvalue weighted by atomic mass is 32.1. The smallest absolute Gasteiger partial charge is 0.308 e. The molecule has 122 valence electrons. The van der Waals surface area contributed by atoms with Crippen LogP contribution in [-0.2, 0) is 16.0 Å². The number of hydrogen-bond acceptors (Lipinski definition) is 5. The van der Waals surface area contributed by atoms with Gasteiger partial charge in [0.15, 0.2) is 5.13 Å². The molecule has 0 radical (unpaired) electrons. The summed E-state index contributed by atoms with van der Waals surface area (Å²) in [4.78, 5) is 16.5. The van der Waals surface area contributed by atoms with E-state index in [2.05, 4.69) is 10.3 Å². The van der Waals surface area contributed by atoms with Gasteiger partial charge in [-0.3, -0.25) is 4.79 Å². The third-order valence-electron chi connectivity index (χ3n) is 3.84. The van der Waals surface area contributed by atoms with Crippen molar-refractivity contribution in [2.45, 2.75) is 32.3 Å². The summed E-state index contributed by atoms with van der Waals surface area (Å²) in [5.74, 6) is -0.840. The number of nitrogens with zero attached hydrogens (tertiary/aromatic N) is 1. The van der Waals surface area contributed by atoms with Gasteiger partial charge in [-0.05, 0) is 19.8 Å². The van der Waals surface area contributed by atoms with Gasteiger partial charge in [0.1, 0.15) is 0 Å². The first-order valence-electron chi connectivity index (χ1n) is 7.76. The Morgan fingerprint density at radius 1 is 1.43 bits per heavy atom. The summed E-state index contributed by atoms with van der Waals surface area (Å²) in [7, 11) is 0. The Morgan fingerprint density at radius 2 is 2.22 bits per heavy atom. The normalized spacial score (nSPS) is 17.3. The van der Waals surface area contributed by atoms with Gasteiger partial charge < -0.3 is 15.2 Å². The molecule has 0 bridgehead atoms. The molecule has 1 atom stereocenters. The maximum atomic E-state index is 11.1. The van der Waals surface area contributed by atoms with Gasteiger partial charge in [-0.1, -0.05) is 29.8 Å². The van der Waals surface area contributed by atoms with Gasteiger partial charge in [-0.2, -0.15) is 0 Å². The number of nitrogens with one attached hydrogen (secondary N) is 1. The van der Waals surface area contributed by atoms with E-state index in [0.29, 0.717) is 6.54 Å². The first kappa shape index (κ1) is 16.0. The van der Waals surface area contributed by atoms with Gasteiger partial charge in [-0.25, -0.2) is 4.98 Å². The van der Waals surface area contributed by atoms with Crippen LogP contribution in [0.3, 0.4) is 0 Å². The van der Waals surface area contributed by atoms with Crippen molar-refractivity contribution in [3.05, 3.63) is 34.7 Å². The molecule has 2 aromatic rings. The summed E-state index contributed by atoms with van der Waals surface area (Å²) in [5.41, 5.74) is 2.88. The predicted molar refractivity (Wildman–Crippen MR) is 91.1 cm³/mol. The Bertz CT molecular complexity index is 676. The van der Waals surface area contributed by atoms with E-state index >= 15 is 0 Å². The fraction of sp³-hybridized carbons (Fsp3) is 0.412. The van der Waals surface area contributed by atoms with E-state index in [-0.39, 0.29) is 12.5 Å². The van der Waals surface area contributed by atoms with Crippen molar-refractivity contribution in [1.29, 1.82) is 0 Å². The molecular formula is C17H20N2O3S. The number of carbonyl (C=O) groups is 1. The van der Waals surface area contributed by atoms with Crippen molar-refractivity contribution in [2.24, 2.45) is 0 Å². The van der Waals surface area contributed by atoms with Crippen molar-refractivity contribution in [1.82, 2.24) is 4.98 Å². The lowest BCUT2D eigenvalue weighted by atomic mass is 10.1. The molecular weight excluding hydrogens is 312 g/mol. The minimum Gasteiger partial charge on any atom is -0.481 e. The quantitative estimate of drug-likeness (QED) is 0.849. The van der Waals surface area contributed by atoms with E-state index < -0.39 is 5.97 Å². The minimum atomic E-state index is -0.840. The van der Waals surface area contributed by atoms with Gasteiger partial charge in [0.05, 0.1) is 18.2 Å². The molecule has 6 heteroatoms. The fourth-order valence-corrected chi connectivity index (χ4v) is 3.61. The Morgan fingerprint density at radius 3 is 2.87 bits per heavy atom. The molecule has 0 aliphatic carbocycles. The Balaban J connectivity index is 1.80. The van der Waals surface area contributed by atoms with Gasteiger partial charge in [0, 0.05) is 23.6 Å². The zero-order valence-corrected chi connectivity index (χ0v) is 13.9. The monoisotopic (exact) mass is 332 g/mol. The molecule has 1 aliphatic heterocycles. The Kier molecular flexibility index (Phi) is 4.93. The van der Waals surface area contributed by atoms with Gasteiger partial charge in [-0.15, -0.1) is 11.3 Å². The van der Waals surface area contributed by atoms with E-state index in [4.69, 9.17) is 9.84 Å². The van der Waals surface area contributed by atoms with Crippen molar-refractivity contribution in [2.75, 3.05) is 18.5 Å². The van der Waals surface area contributed by atoms with Crippen LogP contribution in [0, 0.1) is 6.92 Å². The lowest BCUT2D eigenvalue weighted by Crippen LogP contribution is -2.18. The van der Waals surface area contributed by atoms with Crippen LogP contribution in [0.1, 0.15) is 23.3 Å². The molecule has 1 fully saturated rings. The highest BCUT2D eigenvalue weighted by Gasteiger charge is 2.18. The SMILES string of the molecule is Cc1ccc(-c2nc(NC[C@@H]3CCCO3)sc2CC(=O)O)cc1. The molecule has 1 aromatic heterocycles. The standard InChI is InChI=1S/C17H20N2O3S/c1-11-4-6-12(7-5-11)16-14(9-15(20)21)23-17(19-16)18-10-13-3-2-8-22-13/h4-7,13H,2-3,8-10H2,1H3,(H,18,19)(H,20,21)/t13-/m0/s1. The largest absolute Gasteiger partial charge is 0.481 e. The third-order valence-corrected chi connectivity index (χ3v) is 4.85. The number of benzene rings is 1. The number of anilines is 1. The molecule has 0 unspecified atom stereocenters. The number of carboxylic acids is 1. The zero-order valence-electron chi connectivity index (χ0n) is 13.0. The van der Waals surface area contributed by atoms with E-state index in [9.17, 15) is 4.79 Å². The molecule has 0 spiro atoms. The zero-order chi connectivity index (χ0) is 16.2. The second-order valence-electron chi connectivity index (χ2n) is 5.74. The van der Waals surface area contributed by atoms with Crippen LogP contribution < -0.4 is 5.32 Å². The van der Waals surface area contributed by atoms with Crippen LogP contribution >= 0.6 is 11.3 Å². The molecule has 2 heterocycles. The molecule has 0 amide bonds. The van der Waals surface area contributed by atoms with E-state index in [1.165, 1.54) is 16.9 Å². The predicted octanol–water partition coefficient (Wildman–Crippen LogP) is 3.34. The first-order chi connectivity index (χ1) is 11.1. The molecule has 3 rings (SSSR count). The van der Waals surface area contributed by atoms with Crippen molar-refractivity contribution >= 4 is 22.4 Å². The summed E-state index contributed by atoms with van der Waals surface area (Å²) in [6.07, 6.45) is 2.38. The maximum absolute atomic E-state index is 11.1. The fourth-order valence-electron chi connectivity index (χ4n) is 2.63. The second kappa shape index (κ2) is 7.10. The average molecular weight is 332 g/mol. The average Bonchev–Trinajstić information content (AvgIpc) is 3.15. The van der Waals surface area contributed by atoms with Crippen LogP contribution in [0.2, 0.25) is 0 Å². The van der Waals surface area contributed by atoms with Crippen molar-refractivity contribution in [3.63, 3.8) is 0 Å². The lowest BCUT2D eigenvalue weighted by molar-refractivity contribution is -0.136. The molecule has 23 heavy (non-hydrogen) atoms. The third kappa shape index (κ3) is 4.09. The van der Waals surface area contributed by atoms with Crippen LogP contribution in [0.25, 0.3) is 11.3 Å². The van der Waals surface area contributed by atoms with E-state index in [1.54, 1.807) is 0 Å². The summed E-state index contributed by atoms with van der Waals surface area (Å²) < 4.78 is 5.59. The maximum Gasteiger partial charge on any atom is 0.308 e. The second-order valence-corrected chi connectivity index (χ2v) is 6.83. The number of carboxylic acid groups (broad SMARTS) is 1. The number of hydrogen-bond donors (Lipinski definition) is 2. The van der Waals surface area contributed by atoms with Crippen LogP contribution in [0.4, 0.5) is 5.13 Å². The van der Waals surface area contributed by atoms with Gasteiger partial charge in [0.2, 0.25) is 0 Å². The summed E-state index contributed by atoms with van der Waals surface area (Å²) in [5, 5.41) is 13.2. The minimum absolute atomic E-state index is 0.0114. The Labute approximate surface area is 139 Å². The van der Waals surface area contributed by atoms with Crippen molar-refractivity contribution < 1.29 is 14.6 Å². The number of ether oxygens (including phenoxy) is 1. The van der Waals surface area contributed by atoms with Gasteiger partial charge in [0.25, 0.3) is 0 Å². The number of rotatable bonds is 6. The molecule has 1 aromatic carbocycles. The molecule has 5 nitrogen and oxygen atoms in total. The topological polar surface area (TPSA) is 71.5 Å². The molecule has 2 N–H and O–H groups in total. The Hall–Kier alpha value is -1.92. The molecule has 1 aliphatic rings. The van der Waals surface area contributed by atoms with Crippen LogP contribution in [0.15, 0.2) is 24.3 Å². The molecule has 1 saturated heterocycles. The highest BCUT2D eigenvalue weighted by molar-refractivity contribution is 7.16. The number of aryl methyl sites for hydroxylation is 1. The molecule has 0 saturated carbocycles. The number of aromatic nitrogens is 1. The van der Waals surface area contributed by atoms with Crippen molar-refractivity contribution in [3.8, 4) is 11.3 Å². The lowest BCUT2D eigenvalue weighted by Gasteiger charge is -2.09. The summed E-state index contributed by atoms with van der Waals surface area (Å²) in [6, 6.07) is 8.00. The highest BCUT2D eigenvalue weighted by Crippen LogP contribution is 2.32. The van der Waals surface area contributed by atoms with Gasteiger partial charge >= 0.3 is 5.97 Å². The number of aliphatic carboxylic acids is 1. The van der Waals surface area contributed by atoms with E-state index in [1.807, 2.05) is 31.2 Å². The van der Waals surface area contributed by atoms with Crippen LogP contribution in [-0.4, -0.2) is 35.3 Å².